The van der Waals surface area contributed by atoms with Gasteiger partial charge in [-0.1, -0.05) is 20.8 Å². The van der Waals surface area contributed by atoms with Crippen LogP contribution in [0.5, 0.6) is 0 Å². The molecular weight excluding hydrogens is 268 g/mol. The van der Waals surface area contributed by atoms with Crippen molar-refractivity contribution in [2.75, 3.05) is 13.7 Å². The van der Waals surface area contributed by atoms with Gasteiger partial charge in [0, 0.05) is 13.7 Å². The largest absolute Gasteiger partial charge is 0.380 e. The first-order chi connectivity index (χ1) is 9.62. The van der Waals surface area contributed by atoms with Crippen LogP contribution in [0, 0.1) is 11.3 Å². The van der Waals surface area contributed by atoms with Gasteiger partial charge in [0.1, 0.15) is 11.6 Å². The number of rotatable bonds is 4. The highest BCUT2D eigenvalue weighted by Gasteiger charge is 2.58. The second kappa shape index (κ2) is 5.27. The minimum Gasteiger partial charge on any atom is -0.380 e. The van der Waals surface area contributed by atoms with E-state index in [2.05, 4.69) is 5.32 Å². The molecule has 21 heavy (non-hydrogen) atoms. The van der Waals surface area contributed by atoms with E-state index in [0.717, 1.165) is 12.8 Å². The summed E-state index contributed by atoms with van der Waals surface area (Å²) in [5.74, 6) is 0.264. The number of amides is 2. The van der Waals surface area contributed by atoms with Crippen LogP contribution in [-0.2, 0) is 14.3 Å². The third-order valence-corrected chi connectivity index (χ3v) is 4.89. The highest BCUT2D eigenvalue weighted by molar-refractivity contribution is 6.00. The summed E-state index contributed by atoms with van der Waals surface area (Å²) in [6.07, 6.45) is 1.93. The Morgan fingerprint density at radius 1 is 1.38 bits per heavy atom. The maximum Gasteiger partial charge on any atom is 0.246 e. The van der Waals surface area contributed by atoms with Crippen molar-refractivity contribution in [1.82, 2.24) is 10.2 Å². The fourth-order valence-corrected chi connectivity index (χ4v) is 3.10. The number of carbonyl (C=O) groups is 2. The number of nitrogens with zero attached hydrogens (tertiary/aromatic N) is 1. The zero-order valence-electron chi connectivity index (χ0n) is 14.0. The van der Waals surface area contributed by atoms with Gasteiger partial charge in [0.2, 0.25) is 11.8 Å². The first kappa shape index (κ1) is 16.3. The zero-order valence-corrected chi connectivity index (χ0v) is 14.0. The Balaban J connectivity index is 2.35. The molecule has 0 spiro atoms. The lowest BCUT2D eigenvalue weighted by molar-refractivity contribution is -0.163. The van der Waals surface area contributed by atoms with Gasteiger partial charge < -0.3 is 15.0 Å². The van der Waals surface area contributed by atoms with E-state index in [0.29, 0.717) is 6.54 Å². The number of hydrogen-bond donors (Lipinski definition) is 1. The third-order valence-electron chi connectivity index (χ3n) is 4.89. The van der Waals surface area contributed by atoms with Crippen molar-refractivity contribution in [2.45, 2.75) is 65.1 Å². The summed E-state index contributed by atoms with van der Waals surface area (Å²) in [5.41, 5.74) is -1.03. The van der Waals surface area contributed by atoms with Gasteiger partial charge in [-0.3, -0.25) is 9.59 Å². The van der Waals surface area contributed by atoms with Crippen molar-refractivity contribution in [2.24, 2.45) is 11.3 Å². The molecule has 0 aromatic carbocycles. The van der Waals surface area contributed by atoms with Crippen LogP contribution in [-0.4, -0.2) is 48.1 Å². The predicted octanol–water partition coefficient (Wildman–Crippen LogP) is 1.56. The fraction of sp³-hybridized carbons (Fsp3) is 0.875. The molecular formula is C16H28N2O3. The Hall–Kier alpha value is -1.10. The van der Waals surface area contributed by atoms with Crippen molar-refractivity contribution in [1.29, 1.82) is 0 Å². The summed E-state index contributed by atoms with van der Waals surface area (Å²) in [4.78, 5) is 27.5. The van der Waals surface area contributed by atoms with Crippen molar-refractivity contribution >= 4 is 11.8 Å². The predicted molar refractivity (Wildman–Crippen MR) is 80.7 cm³/mol. The lowest BCUT2D eigenvalue weighted by atomic mass is 9.79. The van der Waals surface area contributed by atoms with Gasteiger partial charge in [-0.2, -0.15) is 0 Å². The summed E-state index contributed by atoms with van der Waals surface area (Å²) in [6.45, 7) is 10.2. The Bertz CT molecular complexity index is 439. The minimum absolute atomic E-state index is 0.0143. The topological polar surface area (TPSA) is 58.6 Å². The number of piperazine rings is 1. The first-order valence-corrected chi connectivity index (χ1v) is 7.77. The van der Waals surface area contributed by atoms with Gasteiger partial charge in [-0.05, 0) is 38.0 Å². The Labute approximate surface area is 127 Å². The van der Waals surface area contributed by atoms with Crippen LogP contribution in [0.1, 0.15) is 47.5 Å². The van der Waals surface area contributed by atoms with Crippen molar-refractivity contribution < 1.29 is 14.3 Å². The quantitative estimate of drug-likeness (QED) is 0.856. The van der Waals surface area contributed by atoms with E-state index >= 15 is 0 Å². The van der Waals surface area contributed by atoms with Crippen molar-refractivity contribution in [3.05, 3.63) is 0 Å². The Morgan fingerprint density at radius 3 is 2.38 bits per heavy atom. The monoisotopic (exact) mass is 296 g/mol. The molecule has 120 valence electrons. The van der Waals surface area contributed by atoms with Gasteiger partial charge >= 0.3 is 0 Å². The highest BCUT2D eigenvalue weighted by atomic mass is 16.5. The number of nitrogens with one attached hydrogen (secondary N) is 1. The molecule has 0 radical (unpaired) electrons. The molecule has 2 aliphatic rings. The molecule has 3 unspecified atom stereocenters. The summed E-state index contributed by atoms with van der Waals surface area (Å²) >= 11 is 0. The van der Waals surface area contributed by atoms with E-state index in [1.54, 1.807) is 12.0 Å². The maximum atomic E-state index is 13.0. The molecule has 0 aromatic heterocycles. The van der Waals surface area contributed by atoms with Crippen LogP contribution < -0.4 is 5.32 Å². The molecule has 2 fully saturated rings. The van der Waals surface area contributed by atoms with Crippen LogP contribution in [0.3, 0.4) is 0 Å². The van der Waals surface area contributed by atoms with Gasteiger partial charge in [-0.25, -0.2) is 0 Å². The molecule has 1 N–H and O–H groups in total. The molecule has 1 saturated carbocycles. The number of hydrogen-bond acceptors (Lipinski definition) is 3. The maximum absolute atomic E-state index is 13.0. The normalized spacial score (nSPS) is 32.1. The fourth-order valence-electron chi connectivity index (χ4n) is 3.10. The molecule has 1 aliphatic heterocycles. The molecule has 2 rings (SSSR count). The first-order valence-electron chi connectivity index (χ1n) is 7.77. The molecule has 5 heteroatoms. The molecule has 3 atom stereocenters. The van der Waals surface area contributed by atoms with E-state index in [1.165, 1.54) is 0 Å². The molecule has 0 aromatic rings. The highest BCUT2D eigenvalue weighted by Crippen LogP contribution is 2.45. The summed E-state index contributed by atoms with van der Waals surface area (Å²) in [7, 11) is 1.63. The molecule has 2 amide bonds. The SMILES string of the molecule is COC(C)CN1C(=O)C(C(C)(C)C)NC(=O)C1(C)C1CC1. The van der Waals surface area contributed by atoms with E-state index in [9.17, 15) is 9.59 Å². The third kappa shape index (κ3) is 2.80. The molecule has 1 heterocycles. The molecule has 1 saturated heterocycles. The Morgan fingerprint density at radius 2 is 1.95 bits per heavy atom. The molecule has 1 aliphatic carbocycles. The summed E-state index contributed by atoms with van der Waals surface area (Å²) in [5, 5.41) is 2.97. The van der Waals surface area contributed by atoms with Crippen LogP contribution >= 0.6 is 0 Å². The average molecular weight is 296 g/mol. The van der Waals surface area contributed by atoms with Crippen molar-refractivity contribution in [3.63, 3.8) is 0 Å². The van der Waals surface area contributed by atoms with Gasteiger partial charge in [0.15, 0.2) is 0 Å². The number of methoxy groups -OCH3 is 1. The Kier molecular flexibility index (Phi) is 4.08. The van der Waals surface area contributed by atoms with Crippen LogP contribution in [0.4, 0.5) is 0 Å². The van der Waals surface area contributed by atoms with Crippen LogP contribution in [0.25, 0.3) is 0 Å². The standard InChI is InChI=1S/C16H28N2O3/c1-10(21-6)9-18-13(19)12(15(2,3)4)17-14(20)16(18,5)11-7-8-11/h10-12H,7-9H2,1-6H3,(H,17,20). The number of ether oxygens (including phenoxy) is 1. The second-order valence-corrected chi connectivity index (χ2v) is 7.69. The molecule has 5 nitrogen and oxygen atoms in total. The minimum atomic E-state index is -0.731. The zero-order chi connectivity index (χ0) is 16.0. The number of carbonyl (C=O) groups excluding carboxylic acids is 2. The van der Waals surface area contributed by atoms with E-state index in [1.807, 2.05) is 34.6 Å². The van der Waals surface area contributed by atoms with Gasteiger partial charge in [0.25, 0.3) is 0 Å². The summed E-state index contributed by atoms with van der Waals surface area (Å²) < 4.78 is 5.33. The second-order valence-electron chi connectivity index (χ2n) is 7.69. The smallest absolute Gasteiger partial charge is 0.246 e. The average Bonchev–Trinajstić information content (AvgIpc) is 3.21. The van der Waals surface area contributed by atoms with Crippen molar-refractivity contribution in [3.8, 4) is 0 Å². The van der Waals surface area contributed by atoms with Crippen LogP contribution in [0.2, 0.25) is 0 Å². The van der Waals surface area contributed by atoms with E-state index in [-0.39, 0.29) is 29.3 Å². The lowest BCUT2D eigenvalue weighted by Gasteiger charge is -2.50. The van der Waals surface area contributed by atoms with E-state index in [4.69, 9.17) is 4.74 Å². The van der Waals surface area contributed by atoms with Crippen LogP contribution in [0.15, 0.2) is 0 Å². The molecule has 0 bridgehead atoms. The van der Waals surface area contributed by atoms with E-state index < -0.39 is 11.6 Å². The van der Waals surface area contributed by atoms with Gasteiger partial charge in [0.05, 0.1) is 6.10 Å². The lowest BCUT2D eigenvalue weighted by Crippen LogP contribution is -2.73. The van der Waals surface area contributed by atoms with Gasteiger partial charge in [-0.15, -0.1) is 0 Å². The summed E-state index contributed by atoms with van der Waals surface area (Å²) in [6, 6.07) is -0.471.